The Morgan fingerprint density at radius 2 is 2.27 bits per heavy atom. The van der Waals surface area contributed by atoms with Crippen LogP contribution in [-0.4, -0.2) is 40.8 Å². The molecular weight excluding hydrogens is 306 g/mol. The molecule has 4 rings (SSSR count). The first-order chi connectivity index (χ1) is 10.8. The first-order valence-electron chi connectivity index (χ1n) is 7.00. The molecule has 0 N–H and O–H groups in total. The summed E-state index contributed by atoms with van der Waals surface area (Å²) in [6, 6.07) is 3.75. The fourth-order valence-electron chi connectivity index (χ4n) is 2.67. The van der Waals surface area contributed by atoms with E-state index in [0.29, 0.717) is 28.9 Å². The highest BCUT2D eigenvalue weighted by atomic mass is 35.5. The van der Waals surface area contributed by atoms with E-state index in [1.165, 1.54) is 0 Å². The van der Waals surface area contributed by atoms with Crippen molar-refractivity contribution >= 4 is 28.2 Å². The summed E-state index contributed by atoms with van der Waals surface area (Å²) in [5.74, 6) is 1.30. The molecule has 3 aromatic rings. The van der Waals surface area contributed by atoms with E-state index in [2.05, 4.69) is 9.97 Å². The van der Waals surface area contributed by atoms with Gasteiger partial charge in [-0.2, -0.15) is 0 Å². The van der Waals surface area contributed by atoms with Gasteiger partial charge in [-0.1, -0.05) is 11.6 Å². The second kappa shape index (κ2) is 5.30. The molecule has 3 heterocycles. The van der Waals surface area contributed by atoms with Gasteiger partial charge in [0.15, 0.2) is 17.1 Å². The molecule has 0 radical (unpaired) electrons. The second-order valence-corrected chi connectivity index (χ2v) is 5.51. The highest BCUT2D eigenvalue weighted by Gasteiger charge is 2.20. The van der Waals surface area contributed by atoms with Crippen molar-refractivity contribution < 1.29 is 14.2 Å². The zero-order valence-electron chi connectivity index (χ0n) is 12.0. The van der Waals surface area contributed by atoms with Gasteiger partial charge < -0.3 is 14.2 Å². The van der Waals surface area contributed by atoms with E-state index in [1.807, 2.05) is 16.5 Å². The molecule has 6 nitrogen and oxygen atoms in total. The molecule has 114 valence electrons. The molecule has 0 bridgehead atoms. The zero-order valence-corrected chi connectivity index (χ0v) is 12.7. The van der Waals surface area contributed by atoms with Crippen molar-refractivity contribution in [2.75, 3.05) is 20.3 Å². The Kier molecular flexibility index (Phi) is 3.28. The molecule has 1 atom stereocenters. The molecule has 7 heteroatoms. The lowest BCUT2D eigenvalue weighted by Gasteiger charge is -2.16. The van der Waals surface area contributed by atoms with Crippen LogP contribution in [0.15, 0.2) is 24.7 Å². The maximum Gasteiger partial charge on any atom is 0.162 e. The van der Waals surface area contributed by atoms with E-state index in [4.69, 9.17) is 25.8 Å². The van der Waals surface area contributed by atoms with Crippen LogP contribution in [0.25, 0.3) is 16.6 Å². The molecule has 22 heavy (non-hydrogen) atoms. The van der Waals surface area contributed by atoms with Crippen LogP contribution in [0, 0.1) is 0 Å². The van der Waals surface area contributed by atoms with E-state index < -0.39 is 0 Å². The maximum atomic E-state index is 6.30. The lowest BCUT2D eigenvalue weighted by atomic mass is 10.2. The number of imidazole rings is 1. The summed E-state index contributed by atoms with van der Waals surface area (Å²) in [5, 5.41) is 1.21. The van der Waals surface area contributed by atoms with Gasteiger partial charge in [-0.25, -0.2) is 9.97 Å². The van der Waals surface area contributed by atoms with Crippen LogP contribution in [-0.2, 0) is 4.74 Å². The number of hydrogen-bond acceptors (Lipinski definition) is 5. The van der Waals surface area contributed by atoms with E-state index in [1.54, 1.807) is 19.6 Å². The molecule has 0 spiro atoms. The number of halogens is 1. The predicted octanol–water partition coefficient (Wildman–Crippen LogP) is 2.71. The lowest BCUT2D eigenvalue weighted by Crippen LogP contribution is -2.16. The fourth-order valence-corrected chi connectivity index (χ4v) is 2.91. The Bertz CT molecular complexity index is 843. The van der Waals surface area contributed by atoms with Gasteiger partial charge in [-0.15, -0.1) is 0 Å². The predicted molar refractivity (Wildman–Crippen MR) is 81.9 cm³/mol. The number of methoxy groups -OCH3 is 1. The van der Waals surface area contributed by atoms with Gasteiger partial charge in [0, 0.05) is 17.9 Å². The normalized spacial score (nSPS) is 18.2. The summed E-state index contributed by atoms with van der Waals surface area (Å²) in [6.07, 6.45) is 4.27. The number of hydrogen-bond donors (Lipinski definition) is 0. The van der Waals surface area contributed by atoms with Gasteiger partial charge in [-0.05, 0) is 6.07 Å². The van der Waals surface area contributed by atoms with E-state index in [9.17, 15) is 0 Å². The first-order valence-corrected chi connectivity index (χ1v) is 7.38. The second-order valence-electron chi connectivity index (χ2n) is 5.15. The Labute approximate surface area is 131 Å². The van der Waals surface area contributed by atoms with Crippen LogP contribution >= 0.6 is 11.6 Å². The summed E-state index contributed by atoms with van der Waals surface area (Å²) in [7, 11) is 1.62. The summed E-state index contributed by atoms with van der Waals surface area (Å²) in [6.45, 7) is 1.31. The third-order valence-electron chi connectivity index (χ3n) is 3.78. The van der Waals surface area contributed by atoms with Crippen molar-refractivity contribution in [2.45, 2.75) is 12.5 Å². The van der Waals surface area contributed by atoms with Crippen molar-refractivity contribution in [3.05, 3.63) is 29.8 Å². The number of ether oxygens (including phenoxy) is 3. The summed E-state index contributed by atoms with van der Waals surface area (Å²) in [4.78, 5) is 8.44. The van der Waals surface area contributed by atoms with Crippen molar-refractivity contribution in [3.8, 4) is 11.5 Å². The highest BCUT2D eigenvalue weighted by Crippen LogP contribution is 2.36. The number of aromatic nitrogens is 3. The summed E-state index contributed by atoms with van der Waals surface area (Å²) < 4.78 is 18.7. The van der Waals surface area contributed by atoms with E-state index in [-0.39, 0.29) is 6.10 Å². The highest BCUT2D eigenvalue weighted by molar-refractivity contribution is 6.34. The molecule has 0 saturated carbocycles. The molecule has 2 aromatic heterocycles. The molecule has 1 aliphatic rings. The smallest absolute Gasteiger partial charge is 0.162 e. The van der Waals surface area contributed by atoms with Crippen LogP contribution in [0.3, 0.4) is 0 Å². The van der Waals surface area contributed by atoms with Crippen molar-refractivity contribution in [2.24, 2.45) is 0 Å². The Hall–Kier alpha value is -2.05. The summed E-state index contributed by atoms with van der Waals surface area (Å²) >= 11 is 6.30. The molecular formula is C15H14ClN3O3. The third-order valence-corrected chi connectivity index (χ3v) is 4.07. The minimum absolute atomic E-state index is 0.0371. The van der Waals surface area contributed by atoms with Crippen LogP contribution in [0.4, 0.5) is 0 Å². The van der Waals surface area contributed by atoms with Crippen molar-refractivity contribution in [1.29, 1.82) is 0 Å². The summed E-state index contributed by atoms with van der Waals surface area (Å²) in [5.41, 5.74) is 1.57. The Balaban J connectivity index is 1.89. The van der Waals surface area contributed by atoms with Crippen molar-refractivity contribution in [3.63, 3.8) is 0 Å². The van der Waals surface area contributed by atoms with Gasteiger partial charge in [0.2, 0.25) is 0 Å². The van der Waals surface area contributed by atoms with Crippen molar-refractivity contribution in [1.82, 2.24) is 14.4 Å². The average molecular weight is 320 g/mol. The molecule has 0 aliphatic carbocycles. The number of benzene rings is 1. The van der Waals surface area contributed by atoms with Gasteiger partial charge in [-0.3, -0.25) is 4.40 Å². The topological polar surface area (TPSA) is 57.9 Å². The number of rotatable bonds is 3. The van der Waals surface area contributed by atoms with Crippen LogP contribution in [0.5, 0.6) is 11.5 Å². The monoisotopic (exact) mass is 319 g/mol. The quantitative estimate of drug-likeness (QED) is 0.695. The maximum absolute atomic E-state index is 6.30. The van der Waals surface area contributed by atoms with Crippen LogP contribution in [0.2, 0.25) is 5.15 Å². The first kappa shape index (κ1) is 13.6. The Morgan fingerprint density at radius 3 is 3.05 bits per heavy atom. The van der Waals surface area contributed by atoms with Gasteiger partial charge >= 0.3 is 0 Å². The molecule has 1 aromatic carbocycles. The van der Waals surface area contributed by atoms with Crippen LogP contribution < -0.4 is 9.47 Å². The number of fused-ring (bicyclic) bond motifs is 3. The van der Waals surface area contributed by atoms with Gasteiger partial charge in [0.1, 0.15) is 17.6 Å². The molecule has 1 fully saturated rings. The molecule has 1 unspecified atom stereocenters. The van der Waals surface area contributed by atoms with Gasteiger partial charge in [0.05, 0.1) is 32.0 Å². The standard InChI is InChI=1S/C15H14ClN3O3/c1-20-12-5-11-10(4-13(12)22-9-2-3-21-7-9)15(16)18-14-6-17-8-19(11)14/h4-6,8-9H,2-3,7H2,1H3. The molecule has 0 amide bonds. The van der Waals surface area contributed by atoms with E-state index >= 15 is 0 Å². The minimum Gasteiger partial charge on any atom is -0.493 e. The third kappa shape index (κ3) is 2.15. The SMILES string of the molecule is COc1cc2c(cc1OC1CCOC1)c(Cl)nc1cncn12. The lowest BCUT2D eigenvalue weighted by molar-refractivity contribution is 0.139. The average Bonchev–Trinajstić information content (AvgIpc) is 3.18. The fraction of sp³-hybridized carbons (Fsp3) is 0.333. The van der Waals surface area contributed by atoms with Crippen LogP contribution in [0.1, 0.15) is 6.42 Å². The molecule has 1 aliphatic heterocycles. The number of nitrogens with zero attached hydrogens (tertiary/aromatic N) is 3. The molecule has 1 saturated heterocycles. The van der Waals surface area contributed by atoms with Gasteiger partial charge in [0.25, 0.3) is 0 Å². The Morgan fingerprint density at radius 1 is 1.36 bits per heavy atom. The minimum atomic E-state index is 0.0371. The largest absolute Gasteiger partial charge is 0.493 e. The van der Waals surface area contributed by atoms with E-state index in [0.717, 1.165) is 23.9 Å². The zero-order chi connectivity index (χ0) is 15.1.